The van der Waals surface area contributed by atoms with Gasteiger partial charge >= 0.3 is 0 Å². The maximum atomic E-state index is 9.76. The van der Waals surface area contributed by atoms with Crippen molar-refractivity contribution in [1.29, 1.82) is 0 Å². The second-order valence-corrected chi connectivity index (χ2v) is 3.12. The van der Waals surface area contributed by atoms with E-state index in [2.05, 4.69) is 5.32 Å². The van der Waals surface area contributed by atoms with Gasteiger partial charge in [-0.15, -0.1) is 0 Å². The van der Waals surface area contributed by atoms with Crippen LogP contribution < -0.4 is 11.1 Å². The predicted molar refractivity (Wildman–Crippen MR) is 50.8 cm³/mol. The summed E-state index contributed by atoms with van der Waals surface area (Å²) in [7, 11) is 1.67. The molecule has 3 nitrogen and oxygen atoms in total. The number of primary amides is 1. The minimum atomic E-state index is -0.322. The highest BCUT2D eigenvalue weighted by Crippen LogP contribution is 2.15. The first-order valence-electron chi connectivity index (χ1n) is 4.70. The number of carbonyl (C=O) groups excluding carboxylic acids is 1. The van der Waals surface area contributed by atoms with E-state index in [1.165, 1.54) is 38.5 Å². The number of rotatable bonds is 2. The Morgan fingerprint density at radius 1 is 1.17 bits per heavy atom. The zero-order chi connectivity index (χ0) is 9.23. The molecule has 0 saturated heterocycles. The van der Waals surface area contributed by atoms with Crippen molar-refractivity contribution < 1.29 is 4.79 Å². The lowest BCUT2D eigenvalue weighted by atomic mass is 10.0. The summed E-state index contributed by atoms with van der Waals surface area (Å²) >= 11 is 0. The van der Waals surface area contributed by atoms with Gasteiger partial charge in [0.2, 0.25) is 5.91 Å². The van der Waals surface area contributed by atoms with Gasteiger partial charge in [0.25, 0.3) is 0 Å². The summed E-state index contributed by atoms with van der Waals surface area (Å²) in [6, 6.07) is 0. The van der Waals surface area contributed by atoms with Crippen LogP contribution in [0, 0.1) is 0 Å². The number of hydrogen-bond donors (Lipinski definition) is 2. The van der Waals surface area contributed by atoms with Gasteiger partial charge in [-0.25, -0.2) is 0 Å². The van der Waals surface area contributed by atoms with Crippen LogP contribution in [0.15, 0.2) is 0 Å². The van der Waals surface area contributed by atoms with Gasteiger partial charge in [-0.1, -0.05) is 38.5 Å². The van der Waals surface area contributed by atoms with Crippen LogP contribution in [0.25, 0.3) is 0 Å². The smallest absolute Gasteiger partial charge is 0.231 e. The van der Waals surface area contributed by atoms with Crippen LogP contribution in [0.1, 0.15) is 38.5 Å². The molecule has 0 spiro atoms. The molecule has 1 aliphatic rings. The SMILES string of the molecule is C1CCCCC1.CNCC(N)=O. The Labute approximate surface area is 74.7 Å². The van der Waals surface area contributed by atoms with E-state index in [4.69, 9.17) is 5.73 Å². The zero-order valence-corrected chi connectivity index (χ0v) is 7.94. The fourth-order valence-electron chi connectivity index (χ4n) is 1.23. The summed E-state index contributed by atoms with van der Waals surface area (Å²) in [4.78, 5) is 9.76. The van der Waals surface area contributed by atoms with Gasteiger partial charge in [-0.2, -0.15) is 0 Å². The van der Waals surface area contributed by atoms with Gasteiger partial charge in [-0.05, 0) is 7.05 Å². The first-order chi connectivity index (χ1) is 5.77. The molecular weight excluding hydrogens is 152 g/mol. The predicted octanol–water partition coefficient (Wildman–Crippen LogP) is 1.03. The number of amides is 1. The number of nitrogens with one attached hydrogen (secondary N) is 1. The second-order valence-electron chi connectivity index (χ2n) is 3.12. The Balaban J connectivity index is 0.000000202. The molecule has 0 aliphatic heterocycles. The molecule has 1 aliphatic carbocycles. The molecule has 1 rings (SSSR count). The number of carbonyl (C=O) groups is 1. The van der Waals surface area contributed by atoms with E-state index in [9.17, 15) is 4.79 Å². The third kappa shape index (κ3) is 9.43. The number of hydrogen-bond acceptors (Lipinski definition) is 2. The van der Waals surface area contributed by atoms with Crippen LogP contribution in [0.2, 0.25) is 0 Å². The molecule has 0 aromatic carbocycles. The molecule has 0 aromatic rings. The number of likely N-dealkylation sites (N-methyl/N-ethyl adjacent to an activating group) is 1. The van der Waals surface area contributed by atoms with Crippen molar-refractivity contribution in [1.82, 2.24) is 5.32 Å². The molecular formula is C9H20N2O. The zero-order valence-electron chi connectivity index (χ0n) is 7.94. The molecule has 3 N–H and O–H groups in total. The Bertz CT molecular complexity index is 99.6. The monoisotopic (exact) mass is 172 g/mol. The maximum Gasteiger partial charge on any atom is 0.231 e. The minimum Gasteiger partial charge on any atom is -0.369 e. The second kappa shape index (κ2) is 8.53. The van der Waals surface area contributed by atoms with Crippen molar-refractivity contribution in [2.45, 2.75) is 38.5 Å². The largest absolute Gasteiger partial charge is 0.369 e. The third-order valence-corrected chi connectivity index (χ3v) is 1.85. The normalized spacial score (nSPS) is 16.1. The molecule has 72 valence electrons. The van der Waals surface area contributed by atoms with E-state index in [0.717, 1.165) is 0 Å². The molecule has 3 heteroatoms. The molecule has 0 aromatic heterocycles. The van der Waals surface area contributed by atoms with Gasteiger partial charge < -0.3 is 11.1 Å². The Kier molecular flexibility index (Phi) is 8.12. The van der Waals surface area contributed by atoms with Gasteiger partial charge in [0, 0.05) is 0 Å². The van der Waals surface area contributed by atoms with Crippen molar-refractivity contribution in [2.75, 3.05) is 13.6 Å². The van der Waals surface area contributed by atoms with Gasteiger partial charge in [0.1, 0.15) is 0 Å². The molecule has 0 radical (unpaired) electrons. The van der Waals surface area contributed by atoms with E-state index in [0.29, 0.717) is 0 Å². The van der Waals surface area contributed by atoms with Crippen LogP contribution in [-0.2, 0) is 4.79 Å². The highest BCUT2D eigenvalue weighted by molar-refractivity contribution is 5.75. The summed E-state index contributed by atoms with van der Waals surface area (Å²) in [5.74, 6) is -0.322. The van der Waals surface area contributed by atoms with Crippen LogP contribution in [0.3, 0.4) is 0 Å². The van der Waals surface area contributed by atoms with Gasteiger partial charge in [0.05, 0.1) is 6.54 Å². The van der Waals surface area contributed by atoms with Crippen LogP contribution in [0.5, 0.6) is 0 Å². The van der Waals surface area contributed by atoms with Crippen molar-refractivity contribution in [3.63, 3.8) is 0 Å². The quantitative estimate of drug-likeness (QED) is 0.653. The van der Waals surface area contributed by atoms with Crippen LogP contribution in [0.4, 0.5) is 0 Å². The molecule has 0 atom stereocenters. The summed E-state index contributed by atoms with van der Waals surface area (Å²) in [5, 5.41) is 2.59. The van der Waals surface area contributed by atoms with Crippen molar-refractivity contribution in [2.24, 2.45) is 5.73 Å². The third-order valence-electron chi connectivity index (χ3n) is 1.85. The Morgan fingerprint density at radius 2 is 1.50 bits per heavy atom. The summed E-state index contributed by atoms with van der Waals surface area (Å²) < 4.78 is 0. The number of nitrogens with two attached hydrogens (primary N) is 1. The first kappa shape index (κ1) is 11.4. The van der Waals surface area contributed by atoms with E-state index in [1.807, 2.05) is 0 Å². The van der Waals surface area contributed by atoms with Crippen LogP contribution >= 0.6 is 0 Å². The topological polar surface area (TPSA) is 55.1 Å². The van der Waals surface area contributed by atoms with E-state index >= 15 is 0 Å². The lowest BCUT2D eigenvalue weighted by Gasteiger charge is -2.05. The van der Waals surface area contributed by atoms with E-state index in [1.54, 1.807) is 7.05 Å². The van der Waals surface area contributed by atoms with Crippen LogP contribution in [-0.4, -0.2) is 19.5 Å². The van der Waals surface area contributed by atoms with Crippen molar-refractivity contribution >= 4 is 5.91 Å². The lowest BCUT2D eigenvalue weighted by Crippen LogP contribution is -2.25. The standard InChI is InChI=1S/C6H12.C3H8N2O/c1-2-4-6-5-3-1;1-5-2-3(4)6/h1-6H2;5H,2H2,1H3,(H2,4,6). The van der Waals surface area contributed by atoms with Gasteiger partial charge in [0.15, 0.2) is 0 Å². The Morgan fingerprint density at radius 3 is 1.58 bits per heavy atom. The molecule has 0 unspecified atom stereocenters. The molecule has 0 bridgehead atoms. The fourth-order valence-corrected chi connectivity index (χ4v) is 1.23. The molecule has 1 saturated carbocycles. The van der Waals surface area contributed by atoms with Gasteiger partial charge in [-0.3, -0.25) is 4.79 Å². The lowest BCUT2D eigenvalue weighted by molar-refractivity contribution is -0.117. The maximum absolute atomic E-state index is 9.76. The summed E-state index contributed by atoms with van der Waals surface area (Å²) in [6.07, 6.45) is 9.00. The summed E-state index contributed by atoms with van der Waals surface area (Å²) in [5.41, 5.74) is 4.70. The molecule has 1 amide bonds. The Hall–Kier alpha value is -0.570. The average Bonchev–Trinajstić information content (AvgIpc) is 2.08. The minimum absolute atomic E-state index is 0.264. The first-order valence-corrected chi connectivity index (χ1v) is 4.70. The average molecular weight is 172 g/mol. The van der Waals surface area contributed by atoms with E-state index < -0.39 is 0 Å². The summed E-state index contributed by atoms with van der Waals surface area (Å²) in [6.45, 7) is 0.264. The highest BCUT2D eigenvalue weighted by atomic mass is 16.1. The molecule has 0 heterocycles. The van der Waals surface area contributed by atoms with E-state index in [-0.39, 0.29) is 12.5 Å². The fraction of sp³-hybridized carbons (Fsp3) is 0.889. The van der Waals surface area contributed by atoms with Crippen molar-refractivity contribution in [3.05, 3.63) is 0 Å². The molecule has 12 heavy (non-hydrogen) atoms. The highest BCUT2D eigenvalue weighted by Gasteiger charge is 1.95. The van der Waals surface area contributed by atoms with Crippen molar-refractivity contribution in [3.8, 4) is 0 Å². The molecule has 1 fully saturated rings.